The molecule has 120 valence electrons. The van der Waals surface area contributed by atoms with Gasteiger partial charge in [-0.05, 0) is 42.8 Å². The maximum Gasteiger partial charge on any atom is 0.193 e. The van der Waals surface area contributed by atoms with Crippen LogP contribution in [-0.4, -0.2) is 25.3 Å². The predicted molar refractivity (Wildman–Crippen MR) is 88.9 cm³/mol. The third-order valence-electron chi connectivity index (χ3n) is 4.30. The zero-order chi connectivity index (χ0) is 17.1. The Morgan fingerprint density at radius 3 is 2.14 bits per heavy atom. The average molecular weight is 319 g/mol. The maximum atomic E-state index is 12.0. The standard InChI is InChI=1S/C17H25NO3Si/c1-12(19)16(21-22(5,6)17(2,3)4)15(20)14-9-7-13(11-18)8-10-14/h7-10,15-16,20H,1-6H3/t15-,16-/m1/s1. The fraction of sp³-hybridized carbons (Fsp3) is 0.529. The smallest absolute Gasteiger partial charge is 0.193 e. The highest BCUT2D eigenvalue weighted by molar-refractivity contribution is 6.74. The molecule has 0 unspecified atom stereocenters. The van der Waals surface area contributed by atoms with Crippen molar-refractivity contribution < 1.29 is 14.3 Å². The lowest BCUT2D eigenvalue weighted by atomic mass is 10.0. The number of carbonyl (C=O) groups is 1. The van der Waals surface area contributed by atoms with Crippen molar-refractivity contribution in [1.82, 2.24) is 0 Å². The number of aliphatic hydroxyl groups is 1. The van der Waals surface area contributed by atoms with Crippen LogP contribution in [0, 0.1) is 11.3 Å². The van der Waals surface area contributed by atoms with Crippen LogP contribution in [0.2, 0.25) is 18.1 Å². The zero-order valence-corrected chi connectivity index (χ0v) is 15.2. The number of ketones is 1. The lowest BCUT2D eigenvalue weighted by Crippen LogP contribution is -2.47. The van der Waals surface area contributed by atoms with Gasteiger partial charge in [-0.3, -0.25) is 4.79 Å². The van der Waals surface area contributed by atoms with Gasteiger partial charge < -0.3 is 9.53 Å². The van der Waals surface area contributed by atoms with Crippen molar-refractivity contribution in [2.45, 2.75) is 58.0 Å². The van der Waals surface area contributed by atoms with E-state index in [2.05, 4.69) is 33.9 Å². The summed E-state index contributed by atoms with van der Waals surface area (Å²) in [6.45, 7) is 11.8. The van der Waals surface area contributed by atoms with E-state index in [4.69, 9.17) is 9.69 Å². The summed E-state index contributed by atoms with van der Waals surface area (Å²) in [6.07, 6.45) is -1.91. The van der Waals surface area contributed by atoms with E-state index >= 15 is 0 Å². The average Bonchev–Trinajstić information content (AvgIpc) is 2.42. The largest absolute Gasteiger partial charge is 0.404 e. The SMILES string of the molecule is CC(=O)[C@@H](O[Si](C)(C)C(C)(C)C)[C@H](O)c1ccc(C#N)cc1. The first-order valence-electron chi connectivity index (χ1n) is 7.36. The van der Waals surface area contributed by atoms with Gasteiger partial charge in [-0.15, -0.1) is 0 Å². The summed E-state index contributed by atoms with van der Waals surface area (Å²) in [6, 6.07) is 8.61. The molecule has 0 amide bonds. The summed E-state index contributed by atoms with van der Waals surface area (Å²) in [5, 5.41) is 19.3. The van der Waals surface area contributed by atoms with Crippen LogP contribution in [0.25, 0.3) is 0 Å². The monoisotopic (exact) mass is 319 g/mol. The first kappa shape index (κ1) is 18.6. The number of aliphatic hydroxyl groups excluding tert-OH is 1. The number of carbonyl (C=O) groups excluding carboxylic acids is 1. The molecule has 0 aliphatic heterocycles. The first-order valence-corrected chi connectivity index (χ1v) is 10.3. The van der Waals surface area contributed by atoms with Crippen LogP contribution in [0.1, 0.15) is 44.9 Å². The molecule has 0 saturated carbocycles. The Labute approximate surface area is 133 Å². The molecule has 2 atom stereocenters. The summed E-state index contributed by atoms with van der Waals surface area (Å²) >= 11 is 0. The molecule has 0 saturated heterocycles. The Bertz CT molecular complexity index is 567. The van der Waals surface area contributed by atoms with Crippen LogP contribution >= 0.6 is 0 Å². The van der Waals surface area contributed by atoms with Gasteiger partial charge in [-0.25, -0.2) is 0 Å². The van der Waals surface area contributed by atoms with Gasteiger partial charge in [0, 0.05) is 0 Å². The van der Waals surface area contributed by atoms with Gasteiger partial charge in [0.25, 0.3) is 0 Å². The summed E-state index contributed by atoms with van der Waals surface area (Å²) in [7, 11) is -2.18. The van der Waals surface area contributed by atoms with Crippen molar-refractivity contribution in [1.29, 1.82) is 5.26 Å². The van der Waals surface area contributed by atoms with E-state index in [1.807, 2.05) is 6.07 Å². The molecule has 5 heteroatoms. The molecule has 1 rings (SSSR count). The third-order valence-corrected chi connectivity index (χ3v) is 8.75. The number of nitriles is 1. The minimum atomic E-state index is -2.18. The van der Waals surface area contributed by atoms with Gasteiger partial charge in [0.05, 0.1) is 11.6 Å². The summed E-state index contributed by atoms with van der Waals surface area (Å²) in [4.78, 5) is 12.0. The Morgan fingerprint density at radius 2 is 1.77 bits per heavy atom. The molecular weight excluding hydrogens is 294 g/mol. The van der Waals surface area contributed by atoms with E-state index in [0.29, 0.717) is 11.1 Å². The fourth-order valence-electron chi connectivity index (χ4n) is 1.79. The number of nitrogens with zero attached hydrogens (tertiary/aromatic N) is 1. The van der Waals surface area contributed by atoms with Crippen LogP contribution in [0.3, 0.4) is 0 Å². The predicted octanol–water partition coefficient (Wildman–Crippen LogP) is 3.57. The van der Waals surface area contributed by atoms with Gasteiger partial charge in [-0.2, -0.15) is 5.26 Å². The van der Waals surface area contributed by atoms with Gasteiger partial charge in [-0.1, -0.05) is 32.9 Å². The van der Waals surface area contributed by atoms with Crippen molar-refractivity contribution in [2.24, 2.45) is 0 Å². The van der Waals surface area contributed by atoms with Gasteiger partial charge in [0.2, 0.25) is 0 Å². The molecule has 0 radical (unpaired) electrons. The first-order chi connectivity index (χ1) is 9.99. The molecule has 1 aromatic rings. The molecule has 4 nitrogen and oxygen atoms in total. The van der Waals surface area contributed by atoms with E-state index in [1.54, 1.807) is 24.3 Å². The number of Topliss-reactive ketones (excluding diaryl/α,β-unsaturated/α-hetero) is 1. The van der Waals surface area contributed by atoms with Crippen LogP contribution in [0.15, 0.2) is 24.3 Å². The molecule has 0 bridgehead atoms. The molecule has 1 N–H and O–H groups in total. The maximum absolute atomic E-state index is 12.0. The Morgan fingerprint density at radius 1 is 1.27 bits per heavy atom. The number of rotatable bonds is 5. The molecule has 1 aromatic carbocycles. The zero-order valence-electron chi connectivity index (χ0n) is 14.2. The van der Waals surface area contributed by atoms with Crippen LogP contribution in [0.4, 0.5) is 0 Å². The van der Waals surface area contributed by atoms with E-state index in [0.717, 1.165) is 0 Å². The Hall–Kier alpha value is -1.48. The molecule has 0 aliphatic carbocycles. The summed E-state index contributed by atoms with van der Waals surface area (Å²) < 4.78 is 6.11. The van der Waals surface area contributed by atoms with Crippen molar-refractivity contribution in [2.75, 3.05) is 0 Å². The lowest BCUT2D eigenvalue weighted by Gasteiger charge is -2.39. The normalized spacial score (nSPS) is 15.0. The second-order valence-electron chi connectivity index (χ2n) is 7.09. The van der Waals surface area contributed by atoms with Crippen molar-refractivity contribution >= 4 is 14.1 Å². The second kappa shape index (κ2) is 6.74. The molecular formula is C17H25NO3Si. The summed E-state index contributed by atoms with van der Waals surface area (Å²) in [5.74, 6) is -0.193. The molecule has 0 heterocycles. The van der Waals surface area contributed by atoms with Crippen molar-refractivity contribution in [3.05, 3.63) is 35.4 Å². The van der Waals surface area contributed by atoms with E-state index in [1.165, 1.54) is 6.92 Å². The molecule has 22 heavy (non-hydrogen) atoms. The Balaban J connectivity index is 3.05. The van der Waals surface area contributed by atoms with Crippen LogP contribution in [0.5, 0.6) is 0 Å². The van der Waals surface area contributed by atoms with E-state index in [9.17, 15) is 9.90 Å². The third kappa shape index (κ3) is 4.26. The van der Waals surface area contributed by atoms with E-state index < -0.39 is 20.5 Å². The molecule has 0 fully saturated rings. The highest BCUT2D eigenvalue weighted by Gasteiger charge is 2.42. The topological polar surface area (TPSA) is 70.3 Å². The van der Waals surface area contributed by atoms with Crippen molar-refractivity contribution in [3.8, 4) is 6.07 Å². The minimum absolute atomic E-state index is 0.0505. The quantitative estimate of drug-likeness (QED) is 0.842. The van der Waals surface area contributed by atoms with Gasteiger partial charge in [0.1, 0.15) is 12.2 Å². The molecule has 0 aliphatic rings. The second-order valence-corrected chi connectivity index (χ2v) is 11.8. The van der Waals surface area contributed by atoms with E-state index in [-0.39, 0.29) is 10.8 Å². The molecule has 0 aromatic heterocycles. The number of hydrogen-bond acceptors (Lipinski definition) is 4. The summed E-state index contributed by atoms with van der Waals surface area (Å²) in [5.41, 5.74) is 1.10. The van der Waals surface area contributed by atoms with Gasteiger partial charge in [0.15, 0.2) is 14.1 Å². The lowest BCUT2D eigenvalue weighted by molar-refractivity contribution is -0.129. The Kier molecular flexibility index (Phi) is 5.69. The minimum Gasteiger partial charge on any atom is -0.404 e. The molecule has 0 spiro atoms. The van der Waals surface area contributed by atoms with Crippen molar-refractivity contribution in [3.63, 3.8) is 0 Å². The van der Waals surface area contributed by atoms with Gasteiger partial charge >= 0.3 is 0 Å². The highest BCUT2D eigenvalue weighted by atomic mass is 28.4. The number of hydrogen-bond donors (Lipinski definition) is 1. The fourth-order valence-corrected chi connectivity index (χ4v) is 3.08. The van der Waals surface area contributed by atoms with Crippen LogP contribution in [-0.2, 0) is 9.22 Å². The highest BCUT2D eigenvalue weighted by Crippen LogP contribution is 2.38. The van der Waals surface area contributed by atoms with Crippen LogP contribution < -0.4 is 0 Å². The number of benzene rings is 1.